The molecule has 15 nitrogen and oxygen atoms in total. The number of ether oxygens (including phenoxy) is 7. The maximum absolute atomic E-state index is 12.7. The molecule has 1 saturated carbocycles. The van der Waals surface area contributed by atoms with E-state index >= 15 is 0 Å². The van der Waals surface area contributed by atoms with Crippen LogP contribution in [0.1, 0.15) is 12.5 Å². The highest BCUT2D eigenvalue weighted by Gasteiger charge is 2.77. The van der Waals surface area contributed by atoms with Gasteiger partial charge in [-0.3, -0.25) is 0 Å². The second-order valence-corrected chi connectivity index (χ2v) is 11.9. The van der Waals surface area contributed by atoms with Crippen LogP contribution in [0.5, 0.6) is 0 Å². The fourth-order valence-corrected chi connectivity index (χ4v) is 6.53. The van der Waals surface area contributed by atoms with E-state index in [9.17, 15) is 40.5 Å². The summed E-state index contributed by atoms with van der Waals surface area (Å²) in [7, 11) is 0. The third kappa shape index (κ3) is 6.04. The van der Waals surface area contributed by atoms with E-state index in [0.29, 0.717) is 0 Å². The Morgan fingerprint density at radius 2 is 1.58 bits per heavy atom. The van der Waals surface area contributed by atoms with Crippen molar-refractivity contribution in [2.45, 2.75) is 92.4 Å². The van der Waals surface area contributed by atoms with Crippen LogP contribution in [0.4, 0.5) is 0 Å². The molecule has 0 aromatic heterocycles. The van der Waals surface area contributed by atoms with Crippen molar-refractivity contribution in [3.8, 4) is 0 Å². The van der Waals surface area contributed by atoms with Gasteiger partial charge in [0.1, 0.15) is 61.0 Å². The molecule has 7 N–H and O–H groups in total. The normalized spacial score (nSPS) is 47.2. The van der Waals surface area contributed by atoms with Gasteiger partial charge in [0.05, 0.1) is 31.0 Å². The number of rotatable bonds is 9. The van der Waals surface area contributed by atoms with E-state index in [4.69, 9.17) is 33.2 Å². The molecular formula is C30H38O15. The van der Waals surface area contributed by atoms with Crippen molar-refractivity contribution in [2.75, 3.05) is 13.2 Å². The minimum atomic E-state index is -1.71. The first-order chi connectivity index (χ1) is 21.6. The van der Waals surface area contributed by atoms with Gasteiger partial charge in [-0.1, -0.05) is 30.3 Å². The highest BCUT2D eigenvalue weighted by molar-refractivity contribution is 5.87. The lowest BCUT2D eigenvalue weighted by molar-refractivity contribution is -0.347. The van der Waals surface area contributed by atoms with Crippen molar-refractivity contribution in [1.29, 1.82) is 0 Å². The Morgan fingerprint density at radius 3 is 2.29 bits per heavy atom. The van der Waals surface area contributed by atoms with Crippen molar-refractivity contribution in [3.63, 3.8) is 0 Å². The molecule has 0 bridgehead atoms. The zero-order valence-electron chi connectivity index (χ0n) is 24.2. The molecule has 3 saturated heterocycles. The number of aliphatic hydroxyl groups excluding tert-OH is 7. The van der Waals surface area contributed by atoms with Crippen LogP contribution in [0, 0.1) is 11.8 Å². The van der Waals surface area contributed by atoms with Crippen molar-refractivity contribution in [2.24, 2.45) is 11.8 Å². The lowest BCUT2D eigenvalue weighted by Gasteiger charge is -2.44. The third-order valence-electron chi connectivity index (χ3n) is 9.10. The molecule has 2 unspecified atom stereocenters. The van der Waals surface area contributed by atoms with Crippen LogP contribution >= 0.6 is 0 Å². The molecule has 4 heterocycles. The molecule has 248 valence electrons. The number of fused-ring (bicyclic) bond motifs is 3. The van der Waals surface area contributed by atoms with Crippen molar-refractivity contribution in [3.05, 3.63) is 54.3 Å². The van der Waals surface area contributed by atoms with Gasteiger partial charge in [0, 0.05) is 12.0 Å². The molecule has 1 aromatic rings. The SMILES string of the molecule is C[C@H]1O[C@@H](O[C@H]2C3C=CO[C@@H](O[C@@H]4O[C@H](CO)[C@@H](O)[C@H](O)[C@H]4O)C3[C@@]3(COC(=O)/C=C/c4ccccc4)O[C@@H]23)[C@@H](O)[C@H](O)[C@H]1O. The Morgan fingerprint density at radius 1 is 0.889 bits per heavy atom. The Bertz CT molecular complexity index is 1240. The van der Waals surface area contributed by atoms with E-state index < -0.39 is 110 Å². The van der Waals surface area contributed by atoms with Gasteiger partial charge in [-0.05, 0) is 24.6 Å². The number of aliphatic hydroxyl groups is 7. The zero-order valence-corrected chi connectivity index (χ0v) is 24.2. The molecule has 4 aliphatic heterocycles. The van der Waals surface area contributed by atoms with E-state index in [0.717, 1.165) is 5.56 Å². The molecule has 6 rings (SSSR count). The number of esters is 1. The maximum atomic E-state index is 12.7. The molecule has 1 aliphatic carbocycles. The number of hydrogen-bond acceptors (Lipinski definition) is 15. The quantitative estimate of drug-likeness (QED) is 0.0845. The predicted octanol–water partition coefficient (Wildman–Crippen LogP) is -2.47. The van der Waals surface area contributed by atoms with Crippen LogP contribution in [-0.2, 0) is 38.0 Å². The van der Waals surface area contributed by atoms with Crippen LogP contribution < -0.4 is 0 Å². The minimum Gasteiger partial charge on any atom is -0.472 e. The summed E-state index contributed by atoms with van der Waals surface area (Å²) >= 11 is 0. The molecule has 0 radical (unpaired) electrons. The largest absolute Gasteiger partial charge is 0.472 e. The van der Waals surface area contributed by atoms with Crippen LogP contribution in [0.2, 0.25) is 0 Å². The smallest absolute Gasteiger partial charge is 0.330 e. The maximum Gasteiger partial charge on any atom is 0.330 e. The Balaban J connectivity index is 1.23. The zero-order chi connectivity index (χ0) is 32.0. The molecule has 15 heteroatoms. The summed E-state index contributed by atoms with van der Waals surface area (Å²) in [5, 5.41) is 71.7. The number of hydrogen-bond donors (Lipinski definition) is 7. The first kappa shape index (κ1) is 32.4. The van der Waals surface area contributed by atoms with Crippen molar-refractivity contribution < 1.29 is 73.7 Å². The van der Waals surface area contributed by atoms with Gasteiger partial charge < -0.3 is 68.9 Å². The molecule has 16 atom stereocenters. The molecule has 5 aliphatic rings. The van der Waals surface area contributed by atoms with E-state index in [1.165, 1.54) is 19.3 Å². The van der Waals surface area contributed by atoms with Crippen LogP contribution in [0.3, 0.4) is 0 Å². The fraction of sp³-hybridized carbons (Fsp3) is 0.633. The van der Waals surface area contributed by atoms with Gasteiger partial charge in [0.15, 0.2) is 12.6 Å². The summed E-state index contributed by atoms with van der Waals surface area (Å²) in [6, 6.07) is 9.13. The monoisotopic (exact) mass is 638 g/mol. The number of epoxide rings is 1. The average molecular weight is 639 g/mol. The molecule has 45 heavy (non-hydrogen) atoms. The van der Waals surface area contributed by atoms with Crippen LogP contribution in [-0.4, -0.2) is 140 Å². The number of carbonyl (C=O) groups is 1. The van der Waals surface area contributed by atoms with E-state index in [1.807, 2.05) is 30.3 Å². The number of carbonyl (C=O) groups excluding carboxylic acids is 1. The average Bonchev–Trinajstić information content (AvgIpc) is 3.71. The van der Waals surface area contributed by atoms with Crippen LogP contribution in [0.15, 0.2) is 48.7 Å². The third-order valence-corrected chi connectivity index (χ3v) is 9.10. The van der Waals surface area contributed by atoms with E-state index in [-0.39, 0.29) is 6.61 Å². The van der Waals surface area contributed by atoms with Gasteiger partial charge >= 0.3 is 5.97 Å². The van der Waals surface area contributed by atoms with Gasteiger partial charge in [-0.2, -0.15) is 0 Å². The van der Waals surface area contributed by atoms with Crippen molar-refractivity contribution >= 4 is 12.0 Å². The summed E-state index contributed by atoms with van der Waals surface area (Å²) < 4.78 is 40.8. The molecule has 0 amide bonds. The van der Waals surface area contributed by atoms with Crippen LogP contribution in [0.25, 0.3) is 6.08 Å². The standard InChI is InChI=1S/C30H38O15/c1-13-19(33)21(35)23(37)28(41-13)43-25-15-9-10-39-27(44-29-24(38)22(36)20(34)16(11-31)42-29)18(15)30(26(25)45-30)12-40-17(32)8-7-14-5-3-2-4-6-14/h2-10,13,15-16,18-29,31,33-38H,11-12H2,1H3/b8-7+/t13-,15?,16-,18?,19+,20-,21-,22+,23+,24-,25+,26+,27+,28+,29+,30-/m1/s1. The Labute approximate surface area is 257 Å². The van der Waals surface area contributed by atoms with Gasteiger partial charge in [-0.25, -0.2) is 4.79 Å². The topological polar surface area (TPSA) is 227 Å². The van der Waals surface area contributed by atoms with Gasteiger partial charge in [0.2, 0.25) is 6.29 Å². The highest BCUT2D eigenvalue weighted by Crippen LogP contribution is 2.61. The summed E-state index contributed by atoms with van der Waals surface area (Å²) in [6.07, 6.45) is -11.4. The lowest BCUT2D eigenvalue weighted by atomic mass is 9.85. The predicted molar refractivity (Wildman–Crippen MR) is 147 cm³/mol. The molecule has 1 aromatic carbocycles. The molecular weight excluding hydrogens is 600 g/mol. The lowest BCUT2D eigenvalue weighted by Crippen LogP contribution is -2.60. The van der Waals surface area contributed by atoms with E-state index in [1.54, 1.807) is 12.2 Å². The summed E-state index contributed by atoms with van der Waals surface area (Å²) in [6.45, 7) is 0.587. The molecule has 4 fully saturated rings. The van der Waals surface area contributed by atoms with Crippen molar-refractivity contribution in [1.82, 2.24) is 0 Å². The summed E-state index contributed by atoms with van der Waals surface area (Å²) in [5.74, 6) is -2.00. The second kappa shape index (κ2) is 12.9. The van der Waals surface area contributed by atoms with E-state index in [2.05, 4.69) is 0 Å². The first-order valence-electron chi connectivity index (χ1n) is 14.8. The first-order valence-corrected chi connectivity index (χ1v) is 14.8. The summed E-state index contributed by atoms with van der Waals surface area (Å²) in [4.78, 5) is 12.7. The molecule has 0 spiro atoms. The Kier molecular flexibility index (Phi) is 9.33. The van der Waals surface area contributed by atoms with Gasteiger partial charge in [0.25, 0.3) is 0 Å². The number of benzene rings is 1. The summed E-state index contributed by atoms with van der Waals surface area (Å²) in [5.41, 5.74) is -0.452. The Hall–Kier alpha value is -2.51. The van der Waals surface area contributed by atoms with Gasteiger partial charge in [-0.15, -0.1) is 0 Å². The second-order valence-electron chi connectivity index (χ2n) is 11.9. The highest BCUT2D eigenvalue weighted by atomic mass is 16.8. The fourth-order valence-electron chi connectivity index (χ4n) is 6.53. The minimum absolute atomic E-state index is 0.270.